The first kappa shape index (κ1) is 19.3. The van der Waals surface area contributed by atoms with Gasteiger partial charge < -0.3 is 0 Å². The van der Waals surface area contributed by atoms with Crippen LogP contribution in [0.3, 0.4) is 0 Å². The Labute approximate surface area is 175 Å². The summed E-state index contributed by atoms with van der Waals surface area (Å²) >= 11 is 6.19. The molecule has 0 fully saturated rings. The molecule has 5 nitrogen and oxygen atoms in total. The molecule has 0 saturated carbocycles. The molecule has 146 valence electrons. The summed E-state index contributed by atoms with van der Waals surface area (Å²) < 4.78 is 1.83. The first-order valence-corrected chi connectivity index (χ1v) is 9.85. The third-order valence-electron chi connectivity index (χ3n) is 4.96. The van der Waals surface area contributed by atoms with Crippen LogP contribution >= 0.6 is 11.6 Å². The van der Waals surface area contributed by atoms with Crippen molar-refractivity contribution in [3.8, 4) is 5.69 Å². The molecule has 4 aromatic rings. The van der Waals surface area contributed by atoms with Gasteiger partial charge in [0, 0.05) is 11.6 Å². The van der Waals surface area contributed by atoms with Crippen LogP contribution in [-0.4, -0.2) is 32.2 Å². The zero-order valence-corrected chi connectivity index (χ0v) is 17.2. The van der Waals surface area contributed by atoms with E-state index < -0.39 is 0 Å². The highest BCUT2D eigenvalue weighted by Crippen LogP contribution is 2.29. The summed E-state index contributed by atoms with van der Waals surface area (Å²) in [6, 6.07) is 26.2. The second-order valence-electron chi connectivity index (χ2n) is 7.09. The fourth-order valence-corrected chi connectivity index (χ4v) is 3.80. The molecule has 0 aliphatic carbocycles. The highest BCUT2D eigenvalue weighted by atomic mass is 35.5. The molecule has 29 heavy (non-hydrogen) atoms. The second-order valence-corrected chi connectivity index (χ2v) is 7.53. The molecule has 0 radical (unpaired) electrons. The Bertz CT molecular complexity index is 1090. The number of aromatic nitrogens is 4. The van der Waals surface area contributed by atoms with Crippen molar-refractivity contribution in [2.45, 2.75) is 19.5 Å². The van der Waals surface area contributed by atoms with Crippen molar-refractivity contribution in [2.24, 2.45) is 0 Å². The quantitative estimate of drug-likeness (QED) is 0.462. The fraction of sp³-hybridized carbons (Fsp3) is 0.174. The number of tetrazole rings is 1. The van der Waals surface area contributed by atoms with Crippen molar-refractivity contribution in [3.05, 3.63) is 106 Å². The third-order valence-corrected chi connectivity index (χ3v) is 5.19. The van der Waals surface area contributed by atoms with Gasteiger partial charge in [-0.2, -0.15) is 4.68 Å². The molecule has 1 atom stereocenters. The van der Waals surface area contributed by atoms with Crippen LogP contribution in [0.1, 0.15) is 28.6 Å². The zero-order chi connectivity index (χ0) is 20.2. The molecule has 3 aromatic carbocycles. The molecule has 4 rings (SSSR count). The lowest BCUT2D eigenvalue weighted by Gasteiger charge is -2.28. The number of benzene rings is 3. The van der Waals surface area contributed by atoms with E-state index in [4.69, 9.17) is 11.6 Å². The van der Waals surface area contributed by atoms with Crippen molar-refractivity contribution in [3.63, 3.8) is 0 Å². The van der Waals surface area contributed by atoms with Crippen LogP contribution in [0.5, 0.6) is 0 Å². The Morgan fingerprint density at radius 1 is 0.966 bits per heavy atom. The summed E-state index contributed by atoms with van der Waals surface area (Å²) in [6.07, 6.45) is 0. The Morgan fingerprint density at radius 3 is 2.48 bits per heavy atom. The summed E-state index contributed by atoms with van der Waals surface area (Å²) in [7, 11) is 2.08. The molecule has 1 heterocycles. The summed E-state index contributed by atoms with van der Waals surface area (Å²) in [4.78, 5) is 2.24. The van der Waals surface area contributed by atoms with E-state index >= 15 is 0 Å². The van der Waals surface area contributed by atoms with Crippen molar-refractivity contribution in [1.82, 2.24) is 25.1 Å². The van der Waals surface area contributed by atoms with Gasteiger partial charge in [-0.15, -0.1) is 5.10 Å². The van der Waals surface area contributed by atoms with E-state index in [2.05, 4.69) is 58.7 Å². The maximum atomic E-state index is 6.19. The standard InChI is InChI=1S/C23H22ClN5/c1-17-9-6-7-14-21(17)29-23(25-26-27-29)22(19-11-4-3-5-12-19)28(2)16-18-10-8-13-20(24)15-18/h3-15,22H,16H2,1-2H3/t22-/m0/s1. The smallest absolute Gasteiger partial charge is 0.178 e. The van der Waals surface area contributed by atoms with Crippen molar-refractivity contribution >= 4 is 11.6 Å². The second kappa shape index (κ2) is 8.55. The van der Waals surface area contributed by atoms with Gasteiger partial charge in [0.05, 0.1) is 11.7 Å². The molecule has 0 aliphatic rings. The predicted molar refractivity (Wildman–Crippen MR) is 115 cm³/mol. The largest absolute Gasteiger partial charge is 0.288 e. The van der Waals surface area contributed by atoms with Crippen LogP contribution in [-0.2, 0) is 6.54 Å². The van der Waals surface area contributed by atoms with Gasteiger partial charge in [0.15, 0.2) is 5.82 Å². The van der Waals surface area contributed by atoms with E-state index in [0.717, 1.165) is 33.2 Å². The minimum Gasteiger partial charge on any atom is -0.288 e. The number of hydrogen-bond acceptors (Lipinski definition) is 4. The zero-order valence-electron chi connectivity index (χ0n) is 16.4. The molecule has 0 unspecified atom stereocenters. The summed E-state index contributed by atoms with van der Waals surface area (Å²) in [5, 5.41) is 13.5. The van der Waals surface area contributed by atoms with E-state index in [1.165, 1.54) is 0 Å². The molecule has 6 heteroatoms. The molecular weight excluding hydrogens is 382 g/mol. The molecule has 0 bridgehead atoms. The van der Waals surface area contributed by atoms with Crippen molar-refractivity contribution < 1.29 is 0 Å². The van der Waals surface area contributed by atoms with Gasteiger partial charge in [-0.1, -0.05) is 72.3 Å². The summed E-state index contributed by atoms with van der Waals surface area (Å²) in [5.41, 5.74) is 4.35. The molecule has 0 saturated heterocycles. The van der Waals surface area contributed by atoms with Crippen LogP contribution in [0.4, 0.5) is 0 Å². The van der Waals surface area contributed by atoms with Gasteiger partial charge in [0.25, 0.3) is 0 Å². The third kappa shape index (κ3) is 4.21. The normalized spacial score (nSPS) is 12.3. The van der Waals surface area contributed by atoms with Crippen molar-refractivity contribution in [1.29, 1.82) is 0 Å². The average molecular weight is 404 g/mol. The molecule has 0 N–H and O–H groups in total. The van der Waals surface area contributed by atoms with Gasteiger partial charge in [-0.3, -0.25) is 4.90 Å². The summed E-state index contributed by atoms with van der Waals surface area (Å²) in [6.45, 7) is 2.77. The number of rotatable bonds is 6. The lowest BCUT2D eigenvalue weighted by atomic mass is 10.0. The van der Waals surface area contributed by atoms with Crippen molar-refractivity contribution in [2.75, 3.05) is 7.05 Å². The molecular formula is C23H22ClN5. The average Bonchev–Trinajstić information content (AvgIpc) is 3.18. The number of halogens is 1. The van der Waals surface area contributed by atoms with Crippen LogP contribution in [0.25, 0.3) is 5.69 Å². The minimum atomic E-state index is -0.121. The highest BCUT2D eigenvalue weighted by Gasteiger charge is 2.26. The molecule has 0 amide bonds. The van der Waals surface area contributed by atoms with Crippen LogP contribution in [0.2, 0.25) is 5.02 Å². The van der Waals surface area contributed by atoms with E-state index in [0.29, 0.717) is 6.54 Å². The fourth-order valence-electron chi connectivity index (χ4n) is 3.59. The van der Waals surface area contributed by atoms with Gasteiger partial charge in [-0.25, -0.2) is 0 Å². The van der Waals surface area contributed by atoms with Gasteiger partial charge in [-0.05, 0) is 59.3 Å². The van der Waals surface area contributed by atoms with Gasteiger partial charge in [0.2, 0.25) is 0 Å². The molecule has 1 aromatic heterocycles. The number of nitrogens with zero attached hydrogens (tertiary/aromatic N) is 5. The Hall–Kier alpha value is -3.02. The SMILES string of the molecule is Cc1ccccc1-n1nnnc1[C@H](c1ccccc1)N(C)Cc1cccc(Cl)c1. The van der Waals surface area contributed by atoms with Crippen LogP contribution < -0.4 is 0 Å². The minimum absolute atomic E-state index is 0.121. The van der Waals surface area contributed by atoms with E-state index in [9.17, 15) is 0 Å². The Morgan fingerprint density at radius 2 is 1.72 bits per heavy atom. The van der Waals surface area contributed by atoms with Crippen LogP contribution in [0, 0.1) is 6.92 Å². The maximum absolute atomic E-state index is 6.19. The lowest BCUT2D eigenvalue weighted by molar-refractivity contribution is 0.258. The van der Waals surface area contributed by atoms with E-state index in [-0.39, 0.29) is 6.04 Å². The Balaban J connectivity index is 1.77. The van der Waals surface area contributed by atoms with Crippen LogP contribution in [0.15, 0.2) is 78.9 Å². The number of aryl methyl sites for hydroxylation is 1. The van der Waals surface area contributed by atoms with Gasteiger partial charge >= 0.3 is 0 Å². The predicted octanol–water partition coefficient (Wildman–Crippen LogP) is 4.85. The molecule has 0 aliphatic heterocycles. The van der Waals surface area contributed by atoms with E-state index in [1.807, 2.05) is 59.3 Å². The topological polar surface area (TPSA) is 46.8 Å². The first-order valence-electron chi connectivity index (χ1n) is 9.47. The number of para-hydroxylation sites is 1. The lowest BCUT2D eigenvalue weighted by Crippen LogP contribution is -2.28. The Kier molecular flexibility index (Phi) is 5.69. The number of hydrogen-bond donors (Lipinski definition) is 0. The van der Waals surface area contributed by atoms with E-state index in [1.54, 1.807) is 0 Å². The monoisotopic (exact) mass is 403 g/mol. The first-order chi connectivity index (χ1) is 14.1. The maximum Gasteiger partial charge on any atom is 0.178 e. The van der Waals surface area contributed by atoms with Gasteiger partial charge in [0.1, 0.15) is 0 Å². The molecule has 0 spiro atoms. The highest BCUT2D eigenvalue weighted by molar-refractivity contribution is 6.30. The summed E-state index contributed by atoms with van der Waals surface area (Å²) in [5.74, 6) is 0.773.